The van der Waals surface area contributed by atoms with E-state index in [1.165, 1.54) is 25.7 Å². The molecule has 1 heterocycles. The molecule has 1 saturated carbocycles. The molecule has 0 N–H and O–H groups in total. The maximum Gasteiger partial charge on any atom is 0.230 e. The lowest BCUT2D eigenvalue weighted by molar-refractivity contribution is -0.133. The third-order valence-electron chi connectivity index (χ3n) is 6.05. The Bertz CT molecular complexity index is 559. The van der Waals surface area contributed by atoms with Crippen molar-refractivity contribution in [2.45, 2.75) is 63.4 Å². The summed E-state index contributed by atoms with van der Waals surface area (Å²) >= 11 is 0. The van der Waals surface area contributed by atoms with Gasteiger partial charge in [-0.1, -0.05) is 25.0 Å². The van der Waals surface area contributed by atoms with Gasteiger partial charge in [0, 0.05) is 20.2 Å². The molecule has 0 spiro atoms. The van der Waals surface area contributed by atoms with E-state index < -0.39 is 0 Å². The van der Waals surface area contributed by atoms with Crippen LogP contribution in [-0.4, -0.2) is 44.2 Å². The van der Waals surface area contributed by atoms with Crippen LogP contribution in [0.25, 0.3) is 0 Å². The van der Waals surface area contributed by atoms with Gasteiger partial charge in [0.2, 0.25) is 5.91 Å². The van der Waals surface area contributed by atoms with Gasteiger partial charge in [-0.25, -0.2) is 0 Å². The van der Waals surface area contributed by atoms with Gasteiger partial charge in [-0.3, -0.25) is 4.79 Å². The molecule has 4 heteroatoms. The van der Waals surface area contributed by atoms with Crippen LogP contribution < -0.4 is 4.74 Å². The number of hydrogen-bond acceptors (Lipinski definition) is 3. The van der Waals surface area contributed by atoms with Gasteiger partial charge in [-0.15, -0.1) is 0 Å². The van der Waals surface area contributed by atoms with E-state index in [-0.39, 0.29) is 11.8 Å². The number of benzene rings is 1. The topological polar surface area (TPSA) is 38.8 Å². The molecule has 0 radical (unpaired) electrons. The van der Waals surface area contributed by atoms with Crippen molar-refractivity contribution in [3.8, 4) is 5.75 Å². The molecule has 1 aliphatic heterocycles. The predicted octanol–water partition coefficient (Wildman–Crippen LogP) is 4.39. The summed E-state index contributed by atoms with van der Waals surface area (Å²) in [6, 6.07) is 8.08. The first-order valence-electron chi connectivity index (χ1n) is 10.2. The fraction of sp³-hybridized carbons (Fsp3) is 0.682. The van der Waals surface area contributed by atoms with Crippen molar-refractivity contribution in [2.24, 2.45) is 5.92 Å². The van der Waals surface area contributed by atoms with Crippen molar-refractivity contribution in [1.82, 2.24) is 4.90 Å². The number of nitrogens with zero attached hydrogens (tertiary/aromatic N) is 1. The lowest BCUT2D eigenvalue weighted by Gasteiger charge is -2.30. The first kappa shape index (κ1) is 19.2. The molecule has 2 fully saturated rings. The second-order valence-electron chi connectivity index (χ2n) is 7.83. The second-order valence-corrected chi connectivity index (χ2v) is 7.83. The zero-order valence-electron chi connectivity index (χ0n) is 16.3. The Morgan fingerprint density at radius 3 is 2.46 bits per heavy atom. The Balaban J connectivity index is 1.67. The van der Waals surface area contributed by atoms with Crippen LogP contribution in [0.5, 0.6) is 5.75 Å². The average Bonchev–Trinajstić information content (AvgIpc) is 3.22. The number of rotatable bonds is 7. The van der Waals surface area contributed by atoms with Gasteiger partial charge >= 0.3 is 0 Å². The number of carbonyl (C=O) groups is 1. The number of amides is 1. The number of hydrogen-bond donors (Lipinski definition) is 0. The highest BCUT2D eigenvalue weighted by Gasteiger charge is 2.33. The van der Waals surface area contributed by atoms with E-state index in [1.54, 1.807) is 7.11 Å². The zero-order valence-corrected chi connectivity index (χ0v) is 16.3. The molecule has 2 aliphatic rings. The molecule has 2 unspecified atom stereocenters. The third-order valence-corrected chi connectivity index (χ3v) is 6.05. The molecule has 1 saturated heterocycles. The van der Waals surface area contributed by atoms with E-state index in [2.05, 4.69) is 12.1 Å². The number of likely N-dealkylation sites (N-methyl/N-ethyl adjacent to an activating group) is 1. The standard InChI is InChI=1S/C22H33NO3/c1-23(15-14-20-9-5-6-16-26-20)22(24)21(17-7-3-4-8-17)18-10-12-19(25-2)13-11-18/h10-13,17,20-21H,3-9,14-16H2,1-2H3. The smallest absolute Gasteiger partial charge is 0.230 e. The first-order valence-corrected chi connectivity index (χ1v) is 10.2. The fourth-order valence-electron chi connectivity index (χ4n) is 4.44. The van der Waals surface area contributed by atoms with Gasteiger partial charge in [-0.05, 0) is 62.1 Å². The van der Waals surface area contributed by atoms with Crippen LogP contribution in [0.4, 0.5) is 0 Å². The quantitative estimate of drug-likeness (QED) is 0.725. The van der Waals surface area contributed by atoms with E-state index in [4.69, 9.17) is 9.47 Å². The van der Waals surface area contributed by atoms with Gasteiger partial charge in [0.1, 0.15) is 5.75 Å². The summed E-state index contributed by atoms with van der Waals surface area (Å²) < 4.78 is 11.1. The Morgan fingerprint density at radius 2 is 1.85 bits per heavy atom. The maximum atomic E-state index is 13.3. The molecular weight excluding hydrogens is 326 g/mol. The van der Waals surface area contributed by atoms with Crippen LogP contribution in [0.1, 0.15) is 62.8 Å². The molecule has 1 amide bonds. The largest absolute Gasteiger partial charge is 0.497 e. The van der Waals surface area contributed by atoms with Gasteiger partial charge in [0.05, 0.1) is 19.1 Å². The van der Waals surface area contributed by atoms with Crippen LogP contribution in [0.3, 0.4) is 0 Å². The van der Waals surface area contributed by atoms with Crippen LogP contribution in [0, 0.1) is 5.92 Å². The van der Waals surface area contributed by atoms with E-state index in [0.29, 0.717) is 12.0 Å². The molecule has 1 aliphatic carbocycles. The van der Waals surface area contributed by atoms with Crippen LogP contribution in [0.15, 0.2) is 24.3 Å². The number of methoxy groups -OCH3 is 1. The minimum atomic E-state index is -0.0271. The molecule has 4 nitrogen and oxygen atoms in total. The molecule has 1 aromatic rings. The highest BCUT2D eigenvalue weighted by molar-refractivity contribution is 5.84. The van der Waals surface area contributed by atoms with Crippen LogP contribution in [0.2, 0.25) is 0 Å². The Hall–Kier alpha value is -1.55. The lowest BCUT2D eigenvalue weighted by Crippen LogP contribution is -2.37. The van der Waals surface area contributed by atoms with Crippen molar-refractivity contribution in [2.75, 3.05) is 27.3 Å². The number of ether oxygens (including phenoxy) is 2. The summed E-state index contributed by atoms with van der Waals surface area (Å²) in [7, 11) is 3.63. The highest BCUT2D eigenvalue weighted by atomic mass is 16.5. The summed E-state index contributed by atoms with van der Waals surface area (Å²) in [5.41, 5.74) is 1.13. The van der Waals surface area contributed by atoms with Crippen LogP contribution in [-0.2, 0) is 9.53 Å². The molecule has 1 aromatic carbocycles. The predicted molar refractivity (Wildman–Crippen MR) is 104 cm³/mol. The minimum Gasteiger partial charge on any atom is -0.497 e. The van der Waals surface area contributed by atoms with Crippen LogP contribution >= 0.6 is 0 Å². The average molecular weight is 360 g/mol. The SMILES string of the molecule is COc1ccc(C(C(=O)N(C)CCC2CCCCO2)C2CCCC2)cc1. The lowest BCUT2D eigenvalue weighted by atomic mass is 9.83. The van der Waals surface area contributed by atoms with Crippen molar-refractivity contribution in [3.63, 3.8) is 0 Å². The van der Waals surface area contributed by atoms with Crippen molar-refractivity contribution in [1.29, 1.82) is 0 Å². The first-order chi connectivity index (χ1) is 12.7. The molecule has 2 atom stereocenters. The van der Waals surface area contributed by atoms with Gasteiger partial charge in [0.25, 0.3) is 0 Å². The van der Waals surface area contributed by atoms with Gasteiger partial charge in [-0.2, -0.15) is 0 Å². The summed E-state index contributed by atoms with van der Waals surface area (Å²) in [6.45, 7) is 1.65. The molecule has 0 aromatic heterocycles. The molecule has 0 bridgehead atoms. The molecule has 3 rings (SSSR count). The van der Waals surface area contributed by atoms with E-state index in [0.717, 1.165) is 50.1 Å². The summed E-state index contributed by atoms with van der Waals surface area (Å²) in [5, 5.41) is 0. The Labute approximate surface area is 157 Å². The summed E-state index contributed by atoms with van der Waals surface area (Å²) in [6.07, 6.45) is 9.61. The zero-order chi connectivity index (χ0) is 18.4. The van der Waals surface area contributed by atoms with E-state index >= 15 is 0 Å². The van der Waals surface area contributed by atoms with Gasteiger partial charge in [0.15, 0.2) is 0 Å². The van der Waals surface area contributed by atoms with Crippen molar-refractivity contribution < 1.29 is 14.3 Å². The van der Waals surface area contributed by atoms with E-state index in [1.807, 2.05) is 24.1 Å². The second kappa shape index (κ2) is 9.40. The molecular formula is C22H33NO3. The normalized spacial score (nSPS) is 22.2. The maximum absolute atomic E-state index is 13.3. The number of carbonyl (C=O) groups excluding carboxylic acids is 1. The Kier molecular flexibility index (Phi) is 6.95. The molecule has 26 heavy (non-hydrogen) atoms. The van der Waals surface area contributed by atoms with Crippen molar-refractivity contribution in [3.05, 3.63) is 29.8 Å². The van der Waals surface area contributed by atoms with Crippen molar-refractivity contribution >= 4 is 5.91 Å². The van der Waals surface area contributed by atoms with Gasteiger partial charge < -0.3 is 14.4 Å². The summed E-state index contributed by atoms with van der Waals surface area (Å²) in [4.78, 5) is 15.2. The third kappa shape index (κ3) is 4.79. The van der Waals surface area contributed by atoms with E-state index in [9.17, 15) is 4.79 Å². The Morgan fingerprint density at radius 1 is 1.15 bits per heavy atom. The fourth-order valence-corrected chi connectivity index (χ4v) is 4.44. The monoisotopic (exact) mass is 359 g/mol. The minimum absolute atomic E-state index is 0.0271. The summed E-state index contributed by atoms with van der Waals surface area (Å²) in [5.74, 6) is 1.54. The highest BCUT2D eigenvalue weighted by Crippen LogP contribution is 2.39. The molecule has 144 valence electrons.